The maximum Gasteiger partial charge on any atom is 0.227 e. The zero-order valence-corrected chi connectivity index (χ0v) is 17.7. The van der Waals surface area contributed by atoms with E-state index in [-0.39, 0.29) is 47.5 Å². The van der Waals surface area contributed by atoms with Crippen molar-refractivity contribution in [3.05, 3.63) is 65.2 Å². The molecule has 0 aliphatic carbocycles. The van der Waals surface area contributed by atoms with Gasteiger partial charge in [-0.2, -0.15) is 0 Å². The number of benzene rings is 2. The molecule has 0 aliphatic rings. The van der Waals surface area contributed by atoms with Crippen molar-refractivity contribution in [2.24, 2.45) is 0 Å². The van der Waals surface area contributed by atoms with Crippen molar-refractivity contribution < 1.29 is 32.1 Å². The van der Waals surface area contributed by atoms with Crippen LogP contribution in [0.1, 0.15) is 11.1 Å². The lowest BCUT2D eigenvalue weighted by atomic mass is 10.1. The molecule has 0 amide bonds. The minimum Gasteiger partial charge on any atom is -0.494 e. The maximum absolute atomic E-state index is 14.3. The van der Waals surface area contributed by atoms with E-state index in [0.29, 0.717) is 12.3 Å². The summed E-state index contributed by atoms with van der Waals surface area (Å²) < 4.78 is 63.2. The molecule has 2 aromatic carbocycles. The number of rotatable bonds is 10. The molecule has 0 fully saturated rings. The van der Waals surface area contributed by atoms with Crippen LogP contribution in [0.15, 0.2) is 36.7 Å². The average molecular weight is 449 g/mol. The standard InChI is InChI=1S/C22H22F3N3O4/c1-13-8-19(30-3)21(25)16(20(13)24)12-32-15-10-26-22(27-11-15)28-14-4-5-18(17(23)9-14)31-7-6-29-2/h4-5,8-11H,6-7,12H2,1-3H3,(H,26,27,28). The van der Waals surface area contributed by atoms with Gasteiger partial charge < -0.3 is 24.3 Å². The molecule has 1 aromatic heterocycles. The fourth-order valence-corrected chi connectivity index (χ4v) is 2.75. The molecule has 3 rings (SSSR count). The second kappa shape index (κ2) is 10.7. The van der Waals surface area contributed by atoms with Gasteiger partial charge in [0.25, 0.3) is 0 Å². The van der Waals surface area contributed by atoms with Crippen LogP contribution in [0, 0.1) is 24.4 Å². The van der Waals surface area contributed by atoms with E-state index in [9.17, 15) is 13.2 Å². The van der Waals surface area contributed by atoms with Crippen LogP contribution in [0.2, 0.25) is 0 Å². The van der Waals surface area contributed by atoms with E-state index >= 15 is 0 Å². The zero-order valence-electron chi connectivity index (χ0n) is 17.7. The summed E-state index contributed by atoms with van der Waals surface area (Å²) in [7, 11) is 2.83. The van der Waals surface area contributed by atoms with Gasteiger partial charge in [-0.3, -0.25) is 0 Å². The number of nitrogens with zero attached hydrogens (tertiary/aromatic N) is 2. The summed E-state index contributed by atoms with van der Waals surface area (Å²) in [5.74, 6) is -1.68. The van der Waals surface area contributed by atoms with Gasteiger partial charge in [-0.25, -0.2) is 23.1 Å². The summed E-state index contributed by atoms with van der Waals surface area (Å²) in [5, 5.41) is 2.85. The molecule has 0 spiro atoms. The van der Waals surface area contributed by atoms with Gasteiger partial charge in [0.1, 0.15) is 19.0 Å². The normalized spacial score (nSPS) is 10.7. The van der Waals surface area contributed by atoms with Crippen molar-refractivity contribution in [3.8, 4) is 17.2 Å². The van der Waals surface area contributed by atoms with Crippen molar-refractivity contribution in [1.82, 2.24) is 9.97 Å². The third-order valence-corrected chi connectivity index (χ3v) is 4.40. The maximum atomic E-state index is 14.3. The Kier molecular flexibility index (Phi) is 7.72. The van der Waals surface area contributed by atoms with Crippen molar-refractivity contribution in [1.29, 1.82) is 0 Å². The zero-order chi connectivity index (χ0) is 23.1. The summed E-state index contributed by atoms with van der Waals surface area (Å²) in [6.07, 6.45) is 2.66. The van der Waals surface area contributed by atoms with Crippen LogP contribution in [0.25, 0.3) is 0 Å². The highest BCUT2D eigenvalue weighted by Crippen LogP contribution is 2.27. The quantitative estimate of drug-likeness (QED) is 0.455. The Hall–Kier alpha value is -3.53. The topological polar surface area (TPSA) is 74.7 Å². The Bertz CT molecular complexity index is 1070. The third kappa shape index (κ3) is 5.58. The smallest absolute Gasteiger partial charge is 0.227 e. The van der Waals surface area contributed by atoms with Crippen LogP contribution in [-0.4, -0.2) is 37.4 Å². The molecule has 1 heterocycles. The number of hydrogen-bond donors (Lipinski definition) is 1. The highest BCUT2D eigenvalue weighted by molar-refractivity contribution is 5.55. The molecule has 32 heavy (non-hydrogen) atoms. The first-order valence-electron chi connectivity index (χ1n) is 9.57. The SMILES string of the molecule is COCCOc1ccc(Nc2ncc(OCc3c(F)c(C)cc(OC)c3F)cn2)cc1F. The van der Waals surface area contributed by atoms with Gasteiger partial charge in [-0.05, 0) is 30.7 Å². The summed E-state index contributed by atoms with van der Waals surface area (Å²) in [4.78, 5) is 8.13. The summed E-state index contributed by atoms with van der Waals surface area (Å²) in [6.45, 7) is 1.71. The first kappa shape index (κ1) is 23.1. The van der Waals surface area contributed by atoms with Crippen LogP contribution < -0.4 is 19.5 Å². The number of nitrogens with one attached hydrogen (secondary N) is 1. The predicted octanol–water partition coefficient (Wildman–Crippen LogP) is 4.56. The van der Waals surface area contributed by atoms with E-state index in [0.717, 1.165) is 0 Å². The van der Waals surface area contributed by atoms with Crippen LogP contribution in [0.4, 0.5) is 24.8 Å². The molecule has 0 saturated heterocycles. The molecule has 7 nitrogen and oxygen atoms in total. The second-order valence-electron chi connectivity index (χ2n) is 6.64. The van der Waals surface area contributed by atoms with Gasteiger partial charge in [0.05, 0.1) is 31.7 Å². The molecular weight excluding hydrogens is 427 g/mol. The van der Waals surface area contributed by atoms with E-state index in [1.54, 1.807) is 6.07 Å². The van der Waals surface area contributed by atoms with Crippen molar-refractivity contribution >= 4 is 11.6 Å². The first-order valence-corrected chi connectivity index (χ1v) is 9.57. The molecule has 170 valence electrons. The minimum atomic E-state index is -0.827. The molecule has 0 saturated carbocycles. The van der Waals surface area contributed by atoms with Gasteiger partial charge in [0, 0.05) is 18.9 Å². The Morgan fingerprint density at radius 2 is 1.66 bits per heavy atom. The van der Waals surface area contributed by atoms with Crippen molar-refractivity contribution in [2.75, 3.05) is 32.8 Å². The van der Waals surface area contributed by atoms with Crippen molar-refractivity contribution in [2.45, 2.75) is 13.5 Å². The Morgan fingerprint density at radius 3 is 2.31 bits per heavy atom. The molecule has 1 N–H and O–H groups in total. The predicted molar refractivity (Wildman–Crippen MR) is 111 cm³/mol. The molecule has 0 unspecified atom stereocenters. The minimum absolute atomic E-state index is 0.0688. The summed E-state index contributed by atoms with van der Waals surface area (Å²) in [5.41, 5.74) is 0.388. The van der Waals surface area contributed by atoms with Gasteiger partial charge >= 0.3 is 0 Å². The second-order valence-corrected chi connectivity index (χ2v) is 6.64. The number of halogens is 3. The summed E-state index contributed by atoms with van der Waals surface area (Å²) in [6, 6.07) is 5.60. The highest BCUT2D eigenvalue weighted by Gasteiger charge is 2.18. The molecular formula is C22H22F3N3O4. The van der Waals surface area contributed by atoms with Gasteiger partial charge in [0.2, 0.25) is 5.95 Å². The van der Waals surface area contributed by atoms with Crippen LogP contribution >= 0.6 is 0 Å². The summed E-state index contributed by atoms with van der Waals surface area (Å²) >= 11 is 0. The van der Waals surface area contributed by atoms with E-state index in [1.807, 2.05) is 0 Å². The largest absolute Gasteiger partial charge is 0.494 e. The number of methoxy groups -OCH3 is 2. The average Bonchev–Trinajstić information content (AvgIpc) is 2.79. The van der Waals surface area contributed by atoms with Crippen LogP contribution in [0.3, 0.4) is 0 Å². The lowest BCUT2D eigenvalue weighted by Crippen LogP contribution is -2.06. The highest BCUT2D eigenvalue weighted by atomic mass is 19.1. The number of anilines is 2. The molecule has 10 heteroatoms. The van der Waals surface area contributed by atoms with Crippen LogP contribution in [0.5, 0.6) is 17.2 Å². The monoisotopic (exact) mass is 449 g/mol. The molecule has 0 atom stereocenters. The number of ether oxygens (including phenoxy) is 4. The van der Waals surface area contributed by atoms with Gasteiger partial charge in [0.15, 0.2) is 28.9 Å². The van der Waals surface area contributed by atoms with Crippen LogP contribution in [-0.2, 0) is 11.3 Å². The number of aryl methyl sites for hydroxylation is 1. The van der Waals surface area contributed by atoms with E-state index in [1.165, 1.54) is 51.7 Å². The lowest BCUT2D eigenvalue weighted by molar-refractivity contribution is 0.144. The molecule has 0 aliphatic heterocycles. The van der Waals surface area contributed by atoms with Crippen molar-refractivity contribution in [3.63, 3.8) is 0 Å². The Balaban J connectivity index is 1.63. The number of hydrogen-bond acceptors (Lipinski definition) is 7. The molecule has 0 bridgehead atoms. The first-order chi connectivity index (χ1) is 15.4. The third-order valence-electron chi connectivity index (χ3n) is 4.40. The van der Waals surface area contributed by atoms with E-state index in [4.69, 9.17) is 18.9 Å². The van der Waals surface area contributed by atoms with Gasteiger partial charge in [-0.15, -0.1) is 0 Å². The Labute approximate surface area is 183 Å². The number of aromatic nitrogens is 2. The van der Waals surface area contributed by atoms with Gasteiger partial charge in [-0.1, -0.05) is 0 Å². The van der Waals surface area contributed by atoms with E-state index in [2.05, 4.69) is 15.3 Å². The molecule has 0 radical (unpaired) electrons. The fraction of sp³-hybridized carbons (Fsp3) is 0.273. The fourth-order valence-electron chi connectivity index (χ4n) is 2.75. The lowest BCUT2D eigenvalue weighted by Gasteiger charge is -2.12. The Morgan fingerprint density at radius 1 is 0.906 bits per heavy atom. The van der Waals surface area contributed by atoms with E-state index < -0.39 is 17.5 Å². The molecule has 3 aromatic rings.